The standard InChI is InChI=1S/C18H21N2O.BrH/c1-3-7-19-8-9-20(13(19)2)17-5-4-14-11-15-6-10-21-18(15)12-16(14)17;/h3,8-9,11-12,17H,1,4-7,10H2,2H3;1H/q+1;/p-1. The Morgan fingerprint density at radius 1 is 1.36 bits per heavy atom. The molecule has 0 radical (unpaired) electrons. The summed E-state index contributed by atoms with van der Waals surface area (Å²) in [7, 11) is 0. The van der Waals surface area contributed by atoms with Gasteiger partial charge < -0.3 is 21.7 Å². The second-order valence-corrected chi connectivity index (χ2v) is 6.01. The average Bonchev–Trinajstić information content (AvgIpc) is 3.17. The van der Waals surface area contributed by atoms with Gasteiger partial charge in [-0.25, -0.2) is 9.13 Å². The maximum Gasteiger partial charge on any atom is 0.254 e. The number of ether oxygens (including phenoxy) is 1. The van der Waals surface area contributed by atoms with Crippen LogP contribution in [0.1, 0.15) is 35.0 Å². The van der Waals surface area contributed by atoms with E-state index >= 15 is 0 Å². The average molecular weight is 361 g/mol. The third kappa shape index (κ3) is 2.30. The first-order valence-electron chi connectivity index (χ1n) is 7.74. The normalized spacial score (nSPS) is 18.3. The van der Waals surface area contributed by atoms with E-state index in [1.807, 2.05) is 6.08 Å². The molecule has 2 aliphatic rings. The highest BCUT2D eigenvalue weighted by molar-refractivity contribution is 5.48. The van der Waals surface area contributed by atoms with Crippen LogP contribution in [0, 0.1) is 6.92 Å². The number of benzene rings is 1. The Balaban J connectivity index is 0.00000144. The van der Waals surface area contributed by atoms with E-state index in [4.69, 9.17) is 4.74 Å². The lowest BCUT2D eigenvalue weighted by Crippen LogP contribution is -3.00. The lowest BCUT2D eigenvalue weighted by molar-refractivity contribution is -0.692. The first kappa shape index (κ1) is 15.3. The van der Waals surface area contributed by atoms with E-state index < -0.39 is 0 Å². The molecule has 1 aromatic carbocycles. The Kier molecular flexibility index (Phi) is 4.13. The van der Waals surface area contributed by atoms with Gasteiger partial charge in [-0.05, 0) is 30.0 Å². The molecule has 4 rings (SSSR count). The molecule has 1 aliphatic heterocycles. The minimum atomic E-state index is 0. The first-order valence-corrected chi connectivity index (χ1v) is 7.74. The Morgan fingerprint density at radius 3 is 3.05 bits per heavy atom. The molecule has 0 saturated carbocycles. The highest BCUT2D eigenvalue weighted by atomic mass is 79.9. The zero-order chi connectivity index (χ0) is 14.4. The Morgan fingerprint density at radius 2 is 2.23 bits per heavy atom. The molecule has 0 fully saturated rings. The van der Waals surface area contributed by atoms with Gasteiger partial charge in [0.2, 0.25) is 0 Å². The molecule has 0 spiro atoms. The number of aromatic nitrogens is 2. The lowest BCUT2D eigenvalue weighted by Gasteiger charge is -2.11. The van der Waals surface area contributed by atoms with Crippen LogP contribution in [-0.2, 0) is 19.4 Å². The van der Waals surface area contributed by atoms with Crippen LogP contribution in [0.2, 0.25) is 0 Å². The van der Waals surface area contributed by atoms with Gasteiger partial charge in [-0.15, -0.1) is 0 Å². The minimum absolute atomic E-state index is 0. The maximum atomic E-state index is 5.75. The van der Waals surface area contributed by atoms with Crippen molar-refractivity contribution in [3.05, 3.63) is 59.7 Å². The van der Waals surface area contributed by atoms with E-state index in [2.05, 4.69) is 47.2 Å². The van der Waals surface area contributed by atoms with Crippen LogP contribution >= 0.6 is 0 Å². The number of fused-ring (bicyclic) bond motifs is 2. The van der Waals surface area contributed by atoms with Crippen molar-refractivity contribution in [3.63, 3.8) is 0 Å². The second kappa shape index (κ2) is 5.92. The van der Waals surface area contributed by atoms with E-state index in [1.165, 1.54) is 35.4 Å². The highest BCUT2D eigenvalue weighted by Crippen LogP contribution is 2.40. The summed E-state index contributed by atoms with van der Waals surface area (Å²) in [6, 6.07) is 5.10. The van der Waals surface area contributed by atoms with Crippen molar-refractivity contribution in [2.45, 2.75) is 38.8 Å². The van der Waals surface area contributed by atoms with Gasteiger partial charge in [0.15, 0.2) is 0 Å². The van der Waals surface area contributed by atoms with Gasteiger partial charge in [-0.1, -0.05) is 18.7 Å². The van der Waals surface area contributed by atoms with Gasteiger partial charge in [0.1, 0.15) is 30.7 Å². The van der Waals surface area contributed by atoms with Crippen molar-refractivity contribution in [1.29, 1.82) is 0 Å². The molecule has 3 nitrogen and oxygen atoms in total. The summed E-state index contributed by atoms with van der Waals surface area (Å²) in [5, 5.41) is 0. The first-order chi connectivity index (χ1) is 10.3. The number of hydrogen-bond acceptors (Lipinski definition) is 1. The van der Waals surface area contributed by atoms with Gasteiger partial charge in [-0.2, -0.15) is 0 Å². The molecule has 1 aromatic heterocycles. The van der Waals surface area contributed by atoms with Crippen molar-refractivity contribution >= 4 is 0 Å². The fourth-order valence-electron chi connectivity index (χ4n) is 3.73. The summed E-state index contributed by atoms with van der Waals surface area (Å²) in [5.74, 6) is 2.39. The number of rotatable bonds is 3. The molecule has 2 heterocycles. The molecular formula is C18H21BrN2O. The Bertz CT molecular complexity index is 720. The summed E-state index contributed by atoms with van der Waals surface area (Å²) in [6.45, 7) is 7.72. The number of aryl methyl sites for hydroxylation is 1. The number of imidazole rings is 1. The monoisotopic (exact) mass is 360 g/mol. The number of nitrogens with zero attached hydrogens (tertiary/aromatic N) is 2. The van der Waals surface area contributed by atoms with Crippen LogP contribution in [0.5, 0.6) is 5.75 Å². The van der Waals surface area contributed by atoms with E-state index in [9.17, 15) is 0 Å². The zero-order valence-electron chi connectivity index (χ0n) is 12.9. The van der Waals surface area contributed by atoms with E-state index in [0.29, 0.717) is 6.04 Å². The smallest absolute Gasteiger partial charge is 0.254 e. The zero-order valence-corrected chi connectivity index (χ0v) is 14.5. The highest BCUT2D eigenvalue weighted by Gasteiger charge is 2.32. The molecule has 1 atom stereocenters. The van der Waals surface area contributed by atoms with E-state index in [0.717, 1.165) is 25.3 Å². The molecule has 1 aliphatic carbocycles. The number of hydrogen-bond donors (Lipinski definition) is 0. The number of allylic oxidation sites excluding steroid dienone is 1. The number of halogens is 1. The molecule has 1 unspecified atom stereocenters. The van der Waals surface area contributed by atoms with Gasteiger partial charge >= 0.3 is 0 Å². The SMILES string of the molecule is C=CC[n+]1ccn(C2CCc3cc4c(cc32)OCC4)c1C.[Br-]. The van der Waals surface area contributed by atoms with Crippen molar-refractivity contribution < 1.29 is 26.3 Å². The third-order valence-electron chi connectivity index (χ3n) is 4.86. The van der Waals surface area contributed by atoms with E-state index in [1.54, 1.807) is 0 Å². The molecule has 116 valence electrons. The van der Waals surface area contributed by atoms with E-state index in [-0.39, 0.29) is 17.0 Å². The fourth-order valence-corrected chi connectivity index (χ4v) is 3.73. The Hall–Kier alpha value is -1.55. The van der Waals surface area contributed by atoms with Crippen molar-refractivity contribution in [3.8, 4) is 5.75 Å². The predicted octanol–water partition coefficient (Wildman–Crippen LogP) is -0.255. The molecule has 0 N–H and O–H groups in total. The molecule has 4 heteroatoms. The predicted molar refractivity (Wildman–Crippen MR) is 81.7 cm³/mol. The lowest BCUT2D eigenvalue weighted by atomic mass is 10.0. The van der Waals surface area contributed by atoms with Crippen molar-refractivity contribution in [2.24, 2.45) is 0 Å². The molecule has 22 heavy (non-hydrogen) atoms. The van der Waals surface area contributed by atoms with Crippen molar-refractivity contribution in [2.75, 3.05) is 6.61 Å². The molecule has 0 amide bonds. The molecule has 2 aromatic rings. The van der Waals surface area contributed by atoms with Crippen LogP contribution in [-0.4, -0.2) is 11.2 Å². The summed E-state index contributed by atoms with van der Waals surface area (Å²) < 4.78 is 10.4. The summed E-state index contributed by atoms with van der Waals surface area (Å²) >= 11 is 0. The van der Waals surface area contributed by atoms with Crippen LogP contribution in [0.15, 0.2) is 37.2 Å². The minimum Gasteiger partial charge on any atom is -1.00 e. The van der Waals surface area contributed by atoms with Gasteiger partial charge in [0.05, 0.1) is 6.61 Å². The maximum absolute atomic E-state index is 5.75. The van der Waals surface area contributed by atoms with Crippen molar-refractivity contribution in [1.82, 2.24) is 4.57 Å². The Labute approximate surface area is 142 Å². The molecular weight excluding hydrogens is 340 g/mol. The van der Waals surface area contributed by atoms with Crippen LogP contribution in [0.4, 0.5) is 0 Å². The quantitative estimate of drug-likeness (QED) is 0.545. The van der Waals surface area contributed by atoms with Gasteiger partial charge in [-0.3, -0.25) is 0 Å². The van der Waals surface area contributed by atoms with Crippen LogP contribution in [0.3, 0.4) is 0 Å². The summed E-state index contributed by atoms with van der Waals surface area (Å²) in [6.07, 6.45) is 9.72. The van der Waals surface area contributed by atoms with Gasteiger partial charge in [0.25, 0.3) is 5.82 Å². The van der Waals surface area contributed by atoms with Crippen LogP contribution in [0.25, 0.3) is 0 Å². The fraction of sp³-hybridized carbons (Fsp3) is 0.389. The summed E-state index contributed by atoms with van der Waals surface area (Å²) in [4.78, 5) is 0. The van der Waals surface area contributed by atoms with Crippen LogP contribution < -0.4 is 26.3 Å². The molecule has 0 bridgehead atoms. The second-order valence-electron chi connectivity index (χ2n) is 6.01. The topological polar surface area (TPSA) is 18.0 Å². The van der Waals surface area contributed by atoms with Gasteiger partial charge in [0, 0.05) is 18.9 Å². The third-order valence-corrected chi connectivity index (χ3v) is 4.86. The summed E-state index contributed by atoms with van der Waals surface area (Å²) in [5.41, 5.74) is 4.34. The molecule has 0 saturated heterocycles. The largest absolute Gasteiger partial charge is 1.00 e.